The Kier molecular flexibility index (Phi) is 3.24. The molecule has 114 valence electrons. The van der Waals surface area contributed by atoms with Crippen LogP contribution in [0.4, 0.5) is 0 Å². The summed E-state index contributed by atoms with van der Waals surface area (Å²) >= 11 is 0. The van der Waals surface area contributed by atoms with Crippen LogP contribution < -0.4 is 0 Å². The third-order valence-corrected chi connectivity index (χ3v) is 5.36. The maximum absolute atomic E-state index is 12.3. The van der Waals surface area contributed by atoms with Crippen LogP contribution >= 0.6 is 0 Å². The normalized spacial score (nSPS) is 35.0. The van der Waals surface area contributed by atoms with Gasteiger partial charge in [-0.1, -0.05) is 18.6 Å². The van der Waals surface area contributed by atoms with Crippen LogP contribution in [0.1, 0.15) is 45.5 Å². The summed E-state index contributed by atoms with van der Waals surface area (Å²) in [5.74, 6) is 0.240. The zero-order chi connectivity index (χ0) is 15.3. The van der Waals surface area contributed by atoms with Gasteiger partial charge in [0.1, 0.15) is 17.3 Å². The molecule has 2 aliphatic rings. The predicted molar refractivity (Wildman–Crippen MR) is 77.3 cm³/mol. The molecule has 21 heavy (non-hydrogen) atoms. The van der Waals surface area contributed by atoms with Crippen molar-refractivity contribution in [2.45, 2.75) is 39.7 Å². The number of furan rings is 1. The smallest absolute Gasteiger partial charge is 0.316 e. The van der Waals surface area contributed by atoms with Crippen molar-refractivity contribution in [3.8, 4) is 0 Å². The Balaban J connectivity index is 1.87. The summed E-state index contributed by atoms with van der Waals surface area (Å²) in [7, 11) is 0. The average Bonchev–Trinajstić information content (AvgIpc) is 2.86. The van der Waals surface area contributed by atoms with Crippen LogP contribution in [0.2, 0.25) is 0 Å². The number of carbonyl (C=O) groups excluding carboxylic acids is 1. The molecule has 0 aromatic carbocycles. The number of hydrogen-bond acceptors (Lipinski definition) is 4. The number of aliphatic hydroxyl groups is 1. The van der Waals surface area contributed by atoms with E-state index in [1.165, 1.54) is 11.8 Å². The Bertz CT molecular complexity index is 570. The molecule has 4 atom stereocenters. The van der Waals surface area contributed by atoms with Gasteiger partial charge >= 0.3 is 5.97 Å². The van der Waals surface area contributed by atoms with Gasteiger partial charge in [0.15, 0.2) is 0 Å². The first kappa shape index (κ1) is 14.4. The highest BCUT2D eigenvalue weighted by atomic mass is 16.5. The molecule has 0 amide bonds. The molecule has 2 heterocycles. The van der Waals surface area contributed by atoms with Crippen molar-refractivity contribution in [2.75, 3.05) is 6.61 Å². The molecule has 0 radical (unpaired) electrons. The van der Waals surface area contributed by atoms with Crippen LogP contribution in [0, 0.1) is 16.7 Å². The largest absolute Gasteiger partial charge is 0.467 e. The van der Waals surface area contributed by atoms with Crippen molar-refractivity contribution >= 4 is 5.97 Å². The molecular formula is C17H22O4. The number of allylic oxidation sites excluding steroid dienone is 2. The van der Waals surface area contributed by atoms with Gasteiger partial charge in [0.2, 0.25) is 0 Å². The molecule has 4 nitrogen and oxygen atoms in total. The van der Waals surface area contributed by atoms with Crippen LogP contribution in [0.5, 0.6) is 0 Å². The van der Waals surface area contributed by atoms with E-state index in [-0.39, 0.29) is 17.3 Å². The van der Waals surface area contributed by atoms with Crippen molar-refractivity contribution in [3.63, 3.8) is 0 Å². The monoisotopic (exact) mass is 290 g/mol. The molecule has 1 saturated carbocycles. The van der Waals surface area contributed by atoms with Gasteiger partial charge in [0.25, 0.3) is 0 Å². The minimum atomic E-state index is -0.927. The standard InChI is InChI=1S/C17H22O4/c1-11(2)6-4-8-16(3)13-10-21-15(19)17(13,16)14(18)12-7-5-9-20-12/h5-7,9,13-14,18H,4,8,10H2,1-3H3/t13-,14-,16-,17-/m1/s1. The van der Waals surface area contributed by atoms with Gasteiger partial charge in [-0.15, -0.1) is 0 Å². The highest BCUT2D eigenvalue weighted by Gasteiger charge is 2.84. The second-order valence-corrected chi connectivity index (χ2v) is 6.68. The van der Waals surface area contributed by atoms with E-state index < -0.39 is 11.5 Å². The maximum Gasteiger partial charge on any atom is 0.316 e. The topological polar surface area (TPSA) is 59.7 Å². The summed E-state index contributed by atoms with van der Waals surface area (Å²) in [5, 5.41) is 10.7. The molecule has 2 fully saturated rings. The Morgan fingerprint density at radius 1 is 1.57 bits per heavy atom. The zero-order valence-electron chi connectivity index (χ0n) is 12.8. The molecule has 4 heteroatoms. The number of hydrogen-bond donors (Lipinski definition) is 1. The van der Waals surface area contributed by atoms with Crippen LogP contribution in [-0.2, 0) is 9.53 Å². The number of rotatable bonds is 5. The van der Waals surface area contributed by atoms with Gasteiger partial charge in [0.05, 0.1) is 12.9 Å². The summed E-state index contributed by atoms with van der Waals surface area (Å²) in [6, 6.07) is 3.45. The summed E-state index contributed by atoms with van der Waals surface area (Å²) in [6.45, 7) is 6.63. The van der Waals surface area contributed by atoms with Crippen LogP contribution in [0.15, 0.2) is 34.5 Å². The van der Waals surface area contributed by atoms with Gasteiger partial charge in [-0.05, 0) is 44.2 Å². The highest BCUT2D eigenvalue weighted by Crippen LogP contribution is 2.78. The number of cyclic esters (lactones) is 1. The first-order valence-corrected chi connectivity index (χ1v) is 7.46. The predicted octanol–water partition coefficient (Wildman–Crippen LogP) is 3.24. The van der Waals surface area contributed by atoms with E-state index in [1.807, 2.05) is 0 Å². The quantitative estimate of drug-likeness (QED) is 0.668. The summed E-state index contributed by atoms with van der Waals surface area (Å²) in [4.78, 5) is 12.3. The maximum atomic E-state index is 12.3. The molecule has 1 aliphatic carbocycles. The van der Waals surface area contributed by atoms with E-state index in [4.69, 9.17) is 9.15 Å². The van der Waals surface area contributed by atoms with Gasteiger partial charge in [-0.25, -0.2) is 0 Å². The first-order chi connectivity index (χ1) is 9.94. The van der Waals surface area contributed by atoms with Crippen LogP contribution in [-0.4, -0.2) is 17.7 Å². The van der Waals surface area contributed by atoms with E-state index in [0.717, 1.165) is 12.8 Å². The van der Waals surface area contributed by atoms with E-state index in [9.17, 15) is 9.90 Å². The minimum Gasteiger partial charge on any atom is -0.467 e. The zero-order valence-corrected chi connectivity index (χ0v) is 12.8. The van der Waals surface area contributed by atoms with Crippen molar-refractivity contribution in [3.05, 3.63) is 35.8 Å². The fourth-order valence-corrected chi connectivity index (χ4v) is 4.11. The third-order valence-electron chi connectivity index (χ3n) is 5.36. The first-order valence-electron chi connectivity index (χ1n) is 7.46. The van der Waals surface area contributed by atoms with E-state index in [2.05, 4.69) is 26.8 Å². The van der Waals surface area contributed by atoms with E-state index >= 15 is 0 Å². The second-order valence-electron chi connectivity index (χ2n) is 6.68. The minimum absolute atomic E-state index is 0.0724. The highest BCUT2D eigenvalue weighted by molar-refractivity contribution is 5.86. The number of aliphatic hydroxyl groups excluding tert-OH is 1. The second kappa shape index (κ2) is 4.73. The molecular weight excluding hydrogens is 268 g/mol. The molecule has 1 aromatic rings. The summed E-state index contributed by atoms with van der Waals surface area (Å²) < 4.78 is 10.5. The molecule has 0 bridgehead atoms. The molecule has 0 unspecified atom stereocenters. The lowest BCUT2D eigenvalue weighted by molar-refractivity contribution is -0.153. The lowest BCUT2D eigenvalue weighted by atomic mass is 9.84. The number of fused-ring (bicyclic) bond motifs is 1. The lowest BCUT2D eigenvalue weighted by Crippen LogP contribution is -2.29. The third kappa shape index (κ3) is 1.81. The average molecular weight is 290 g/mol. The Morgan fingerprint density at radius 3 is 2.95 bits per heavy atom. The van der Waals surface area contributed by atoms with Crippen molar-refractivity contribution < 1.29 is 19.1 Å². The molecule has 1 N–H and O–H groups in total. The fraction of sp³-hybridized carbons (Fsp3) is 0.588. The molecule has 1 aliphatic heterocycles. The van der Waals surface area contributed by atoms with Gasteiger partial charge in [-0.2, -0.15) is 0 Å². The van der Waals surface area contributed by atoms with Crippen LogP contribution in [0.25, 0.3) is 0 Å². The Labute approximate surface area is 124 Å². The molecule has 0 spiro atoms. The fourth-order valence-electron chi connectivity index (χ4n) is 4.11. The van der Waals surface area contributed by atoms with Gasteiger partial charge in [-0.3, -0.25) is 4.79 Å². The van der Waals surface area contributed by atoms with Crippen molar-refractivity contribution in [1.82, 2.24) is 0 Å². The van der Waals surface area contributed by atoms with Crippen LogP contribution in [0.3, 0.4) is 0 Å². The number of esters is 1. The molecule has 1 aromatic heterocycles. The molecule has 3 rings (SSSR count). The van der Waals surface area contributed by atoms with Gasteiger partial charge < -0.3 is 14.3 Å². The molecule has 1 saturated heterocycles. The SMILES string of the molecule is CC(C)=CCC[C@]1(C)[C@H]2COC(=O)[C@]21[C@H](O)c1ccco1. The lowest BCUT2D eigenvalue weighted by Gasteiger charge is -2.24. The van der Waals surface area contributed by atoms with Crippen molar-refractivity contribution in [1.29, 1.82) is 0 Å². The Morgan fingerprint density at radius 2 is 2.33 bits per heavy atom. The Hall–Kier alpha value is -1.55. The van der Waals surface area contributed by atoms with E-state index in [0.29, 0.717) is 12.4 Å². The van der Waals surface area contributed by atoms with Crippen molar-refractivity contribution in [2.24, 2.45) is 16.7 Å². The summed E-state index contributed by atoms with van der Waals surface area (Å²) in [6.07, 6.45) is 4.56. The van der Waals surface area contributed by atoms with Gasteiger partial charge in [0, 0.05) is 5.92 Å². The number of carbonyl (C=O) groups is 1. The van der Waals surface area contributed by atoms with E-state index in [1.54, 1.807) is 12.1 Å². The number of ether oxygens (including phenoxy) is 1. The summed E-state index contributed by atoms with van der Waals surface area (Å²) in [5.41, 5.74) is 0.216.